The molecule has 0 saturated heterocycles. The molecule has 0 heterocycles. The van der Waals surface area contributed by atoms with Crippen LogP contribution in [-0.4, -0.2) is 26.4 Å². The second-order valence-corrected chi connectivity index (χ2v) is 8.44. The first-order chi connectivity index (χ1) is 14.0. The smallest absolute Gasteiger partial charge is 1.00 e. The molecule has 0 fully saturated rings. The van der Waals surface area contributed by atoms with Crippen molar-refractivity contribution in [2.45, 2.75) is 46.5 Å². The number of aryl methyl sites for hydroxylation is 1. The van der Waals surface area contributed by atoms with E-state index < -0.39 is 0 Å². The Hall–Kier alpha value is -1.46. The number of unbranched alkanes of at least 4 members (excludes halogenated alkanes) is 1. The molecule has 0 aromatic heterocycles. The van der Waals surface area contributed by atoms with Gasteiger partial charge in [-0.3, -0.25) is 4.79 Å². The number of ether oxygens (including phenoxy) is 3. The minimum atomic E-state index is -0.00738. The van der Waals surface area contributed by atoms with E-state index in [1.54, 1.807) is 26.4 Å². The van der Waals surface area contributed by atoms with E-state index >= 15 is 0 Å². The summed E-state index contributed by atoms with van der Waals surface area (Å²) in [5, 5.41) is 1.01. The largest absolute Gasteiger partial charge is 1.00 e. The van der Waals surface area contributed by atoms with Gasteiger partial charge in [-0.2, -0.15) is 0 Å². The van der Waals surface area contributed by atoms with E-state index in [-0.39, 0.29) is 34.4 Å². The average Bonchev–Trinajstić information content (AvgIpc) is 2.74. The quantitative estimate of drug-likeness (QED) is 0.388. The molecule has 0 radical (unpaired) electrons. The Balaban J connectivity index is 0.00000450. The molecular weight excluding hydrogens is 390 g/mol. The molecule has 2 atom stereocenters. The Kier molecular flexibility index (Phi) is 12.2. The van der Waals surface area contributed by atoms with Gasteiger partial charge >= 0.3 is 18.9 Å². The Morgan fingerprint density at radius 1 is 1.10 bits per heavy atom. The van der Waals surface area contributed by atoms with Gasteiger partial charge in [0, 0.05) is 0 Å². The zero-order valence-electron chi connectivity index (χ0n) is 20.2. The van der Waals surface area contributed by atoms with Crippen LogP contribution < -0.4 is 38.4 Å². The molecule has 160 valence electrons. The number of carbonyl (C=O) groups is 1. The van der Waals surface area contributed by atoms with Gasteiger partial charge in [0.05, 0.1) is 20.8 Å². The molecule has 0 saturated carbocycles. The monoisotopic (exact) mass is 424 g/mol. The van der Waals surface area contributed by atoms with Gasteiger partial charge in [-0.15, -0.1) is 0 Å². The summed E-state index contributed by atoms with van der Waals surface area (Å²) in [5.74, 6) is 2.54. The summed E-state index contributed by atoms with van der Waals surface area (Å²) >= 11 is 0. The fourth-order valence-corrected chi connectivity index (χ4v) is 4.29. The van der Waals surface area contributed by atoms with Gasteiger partial charge in [0.1, 0.15) is 22.8 Å². The van der Waals surface area contributed by atoms with E-state index in [4.69, 9.17) is 14.2 Å². The van der Waals surface area contributed by atoms with Crippen molar-refractivity contribution < 1.29 is 39.3 Å². The molecular formula is C24H34LiO4P. The van der Waals surface area contributed by atoms with Crippen LogP contribution in [0.15, 0.2) is 36.4 Å². The van der Waals surface area contributed by atoms with Crippen LogP contribution in [0, 0.1) is 12.8 Å². The van der Waals surface area contributed by atoms with E-state index in [1.165, 1.54) is 19.3 Å². The standard InChI is InChI=1S/C24H33O4P.Li.H/c1-6-8-10-18(7-2)16-28-19-13-14-22(17(3)15-19)29-24(25)23-20(26-4)11-9-12-21(23)27-5;;/h9,11-15,18,29H,6-8,10,16H2,1-5H3;;/q;+1;-1. The van der Waals surface area contributed by atoms with Gasteiger partial charge in [0.2, 0.25) is 0 Å². The first-order valence-corrected chi connectivity index (χ1v) is 11.3. The number of methoxy groups -OCH3 is 2. The van der Waals surface area contributed by atoms with Gasteiger partial charge in [-0.25, -0.2) is 0 Å². The minimum Gasteiger partial charge on any atom is -1.00 e. The molecule has 0 aliphatic carbocycles. The van der Waals surface area contributed by atoms with Crippen molar-refractivity contribution in [3.8, 4) is 17.2 Å². The van der Waals surface area contributed by atoms with Gasteiger partial charge in [0.25, 0.3) is 0 Å². The first-order valence-electron chi connectivity index (χ1n) is 10.3. The Labute approximate surface area is 196 Å². The second kappa shape index (κ2) is 13.8. The van der Waals surface area contributed by atoms with Crippen LogP contribution in [0.5, 0.6) is 17.2 Å². The van der Waals surface area contributed by atoms with Crippen LogP contribution in [-0.2, 0) is 0 Å². The van der Waals surface area contributed by atoms with Crippen molar-refractivity contribution >= 4 is 19.4 Å². The van der Waals surface area contributed by atoms with Crippen LogP contribution in [0.4, 0.5) is 0 Å². The van der Waals surface area contributed by atoms with E-state index in [2.05, 4.69) is 13.8 Å². The molecule has 2 unspecified atom stereocenters. The maximum absolute atomic E-state index is 13.0. The van der Waals surface area contributed by atoms with E-state index in [1.807, 2.05) is 31.2 Å². The summed E-state index contributed by atoms with van der Waals surface area (Å²) in [7, 11) is 3.12. The molecule has 2 aromatic rings. The van der Waals surface area contributed by atoms with Crippen molar-refractivity contribution in [1.82, 2.24) is 0 Å². The Bertz CT molecular complexity index is 794. The van der Waals surface area contributed by atoms with Crippen LogP contribution in [0.2, 0.25) is 0 Å². The maximum atomic E-state index is 13.0. The summed E-state index contributed by atoms with van der Waals surface area (Å²) in [6.45, 7) is 7.21. The normalized spacial score (nSPS) is 11.8. The third-order valence-corrected chi connectivity index (χ3v) is 6.44. The van der Waals surface area contributed by atoms with Crippen LogP contribution >= 0.6 is 8.58 Å². The van der Waals surface area contributed by atoms with Gasteiger partial charge in [-0.05, 0) is 63.0 Å². The molecule has 0 aliphatic rings. The molecule has 0 aliphatic heterocycles. The molecule has 6 heteroatoms. The topological polar surface area (TPSA) is 44.8 Å². The maximum Gasteiger partial charge on any atom is 1.00 e. The van der Waals surface area contributed by atoms with Crippen LogP contribution in [0.1, 0.15) is 56.9 Å². The average molecular weight is 424 g/mol. The Morgan fingerprint density at radius 3 is 2.30 bits per heavy atom. The van der Waals surface area contributed by atoms with Crippen molar-refractivity contribution in [3.63, 3.8) is 0 Å². The van der Waals surface area contributed by atoms with Crippen molar-refractivity contribution in [2.24, 2.45) is 5.92 Å². The number of rotatable bonds is 12. The predicted octanol–water partition coefficient (Wildman–Crippen LogP) is 2.87. The molecule has 4 nitrogen and oxygen atoms in total. The molecule has 0 N–H and O–H groups in total. The third kappa shape index (κ3) is 7.35. The summed E-state index contributed by atoms with van der Waals surface area (Å²) in [6, 6.07) is 11.4. The number of hydrogen-bond acceptors (Lipinski definition) is 4. The van der Waals surface area contributed by atoms with Crippen LogP contribution in [0.25, 0.3) is 0 Å². The number of carbonyl (C=O) groups excluding carboxylic acids is 1. The molecule has 2 aromatic carbocycles. The SMILES string of the molecule is CCCCC(CC)COc1ccc(PC(=O)c2c(OC)cccc2OC)c(C)c1.[H-].[Li+]. The summed E-state index contributed by atoms with van der Waals surface area (Å²) in [6.07, 6.45) is 4.81. The van der Waals surface area contributed by atoms with Crippen molar-refractivity contribution in [1.29, 1.82) is 0 Å². The second-order valence-electron chi connectivity index (χ2n) is 7.20. The minimum absolute atomic E-state index is 0. The summed E-state index contributed by atoms with van der Waals surface area (Å²) in [4.78, 5) is 13.0. The van der Waals surface area contributed by atoms with E-state index in [0.717, 1.165) is 29.6 Å². The molecule has 0 spiro atoms. The molecule has 0 amide bonds. The molecule has 2 rings (SSSR count). The fourth-order valence-electron chi connectivity index (χ4n) is 3.24. The fraction of sp³-hybridized carbons (Fsp3) is 0.458. The summed E-state index contributed by atoms with van der Waals surface area (Å²) < 4.78 is 16.8. The number of hydrogen-bond donors (Lipinski definition) is 0. The van der Waals surface area contributed by atoms with E-state index in [9.17, 15) is 4.79 Å². The first kappa shape index (κ1) is 26.6. The van der Waals surface area contributed by atoms with Crippen molar-refractivity contribution in [3.05, 3.63) is 47.5 Å². The van der Waals surface area contributed by atoms with Crippen LogP contribution in [0.3, 0.4) is 0 Å². The molecule has 0 bridgehead atoms. The van der Waals surface area contributed by atoms with E-state index in [0.29, 0.717) is 23.0 Å². The van der Waals surface area contributed by atoms with Crippen molar-refractivity contribution in [2.75, 3.05) is 20.8 Å². The van der Waals surface area contributed by atoms with Gasteiger partial charge < -0.3 is 15.6 Å². The third-order valence-electron chi connectivity index (χ3n) is 5.13. The predicted molar refractivity (Wildman–Crippen MR) is 123 cm³/mol. The Morgan fingerprint density at radius 2 is 1.77 bits per heavy atom. The van der Waals surface area contributed by atoms with Gasteiger partial charge in [0.15, 0.2) is 5.52 Å². The molecule has 30 heavy (non-hydrogen) atoms. The zero-order valence-corrected chi connectivity index (χ0v) is 20.2. The summed E-state index contributed by atoms with van der Waals surface area (Å²) in [5.41, 5.74) is 1.56. The van der Waals surface area contributed by atoms with Gasteiger partial charge in [-0.1, -0.05) is 45.2 Å². The number of benzene rings is 2. The zero-order chi connectivity index (χ0) is 21.2.